The van der Waals surface area contributed by atoms with Crippen molar-refractivity contribution in [3.63, 3.8) is 0 Å². The number of hydrogen-bond acceptors (Lipinski definition) is 4. The molecule has 1 fully saturated rings. The van der Waals surface area contributed by atoms with Gasteiger partial charge in [0.05, 0.1) is 13.1 Å². The van der Waals surface area contributed by atoms with Crippen molar-refractivity contribution < 1.29 is 5.11 Å². The Labute approximate surface area is 193 Å². The average molecular weight is 438 g/mol. The fourth-order valence-corrected chi connectivity index (χ4v) is 4.03. The number of piperazine rings is 1. The van der Waals surface area contributed by atoms with Crippen LogP contribution in [0.5, 0.6) is 0 Å². The summed E-state index contributed by atoms with van der Waals surface area (Å²) in [4.78, 5) is 9.86. The number of aliphatic imine (C=N–C) groups is 1. The van der Waals surface area contributed by atoms with Crippen LogP contribution in [0, 0.1) is 0 Å². The largest absolute Gasteiger partial charge is 0.384 e. The third-order valence-corrected chi connectivity index (χ3v) is 6.17. The minimum absolute atomic E-state index is 0.381. The number of benzene rings is 2. The van der Waals surface area contributed by atoms with Crippen LogP contribution in [0.2, 0.25) is 0 Å². The molecule has 6 nitrogen and oxygen atoms in total. The van der Waals surface area contributed by atoms with Crippen molar-refractivity contribution in [2.24, 2.45) is 4.99 Å². The summed E-state index contributed by atoms with van der Waals surface area (Å²) in [5.74, 6) is 0.718. The Morgan fingerprint density at radius 2 is 1.53 bits per heavy atom. The van der Waals surface area contributed by atoms with Gasteiger partial charge in [0.2, 0.25) is 0 Å². The van der Waals surface area contributed by atoms with Gasteiger partial charge >= 0.3 is 0 Å². The predicted octanol–water partition coefficient (Wildman–Crippen LogP) is 2.79. The van der Waals surface area contributed by atoms with Crippen LogP contribution in [0.15, 0.2) is 59.6 Å². The minimum Gasteiger partial charge on any atom is -0.384 e. The predicted molar refractivity (Wildman–Crippen MR) is 133 cm³/mol. The second-order valence-corrected chi connectivity index (χ2v) is 8.67. The van der Waals surface area contributed by atoms with Gasteiger partial charge in [-0.25, -0.2) is 4.99 Å². The van der Waals surface area contributed by atoms with Crippen molar-refractivity contribution in [3.05, 3.63) is 71.3 Å². The van der Waals surface area contributed by atoms with Gasteiger partial charge in [0.1, 0.15) is 5.60 Å². The summed E-state index contributed by atoms with van der Waals surface area (Å²) in [7, 11) is 0. The molecule has 2 aromatic carbocycles. The Bertz CT molecular complexity index is 844. The molecule has 1 aliphatic rings. The standard InChI is InChI=1S/C26H39N5O/c1-4-27-25(29-21-26(3,32)24-13-7-6-8-14-24)28-19-22-11-9-10-12-23(22)20-31-17-15-30(5-2)16-18-31/h6-14,32H,4-5,15-21H2,1-3H3,(H2,27,28,29). The first-order valence-corrected chi connectivity index (χ1v) is 11.8. The second kappa shape index (κ2) is 12.0. The van der Waals surface area contributed by atoms with Crippen molar-refractivity contribution in [1.29, 1.82) is 0 Å². The highest BCUT2D eigenvalue weighted by Gasteiger charge is 2.23. The van der Waals surface area contributed by atoms with E-state index in [1.807, 2.05) is 37.3 Å². The van der Waals surface area contributed by atoms with E-state index < -0.39 is 5.60 Å². The van der Waals surface area contributed by atoms with E-state index in [9.17, 15) is 5.11 Å². The molecule has 0 aromatic heterocycles. The molecule has 0 radical (unpaired) electrons. The van der Waals surface area contributed by atoms with Crippen molar-refractivity contribution in [1.82, 2.24) is 20.4 Å². The van der Waals surface area contributed by atoms with Crippen molar-refractivity contribution in [3.8, 4) is 0 Å². The molecule has 2 aromatic rings. The van der Waals surface area contributed by atoms with Crippen LogP contribution in [0.25, 0.3) is 0 Å². The highest BCUT2D eigenvalue weighted by Crippen LogP contribution is 2.19. The Morgan fingerprint density at radius 1 is 0.906 bits per heavy atom. The fraction of sp³-hybridized carbons (Fsp3) is 0.500. The van der Waals surface area contributed by atoms with Gasteiger partial charge < -0.3 is 20.6 Å². The zero-order valence-electron chi connectivity index (χ0n) is 19.8. The quantitative estimate of drug-likeness (QED) is 0.416. The van der Waals surface area contributed by atoms with E-state index in [1.54, 1.807) is 0 Å². The van der Waals surface area contributed by atoms with Gasteiger partial charge in [-0.3, -0.25) is 4.90 Å². The molecule has 1 aliphatic heterocycles. The molecular weight excluding hydrogens is 398 g/mol. The van der Waals surface area contributed by atoms with Crippen LogP contribution in [-0.4, -0.2) is 66.7 Å². The van der Waals surface area contributed by atoms with Gasteiger partial charge in [0.25, 0.3) is 0 Å². The molecule has 3 rings (SSSR count). The lowest BCUT2D eigenvalue weighted by atomic mass is 9.96. The molecule has 0 amide bonds. The number of guanidine groups is 1. The van der Waals surface area contributed by atoms with Crippen LogP contribution < -0.4 is 10.6 Å². The minimum atomic E-state index is -0.976. The highest BCUT2D eigenvalue weighted by molar-refractivity contribution is 5.79. The van der Waals surface area contributed by atoms with E-state index >= 15 is 0 Å². The maximum atomic E-state index is 10.9. The number of likely N-dealkylation sites (N-methyl/N-ethyl adjacent to an activating group) is 1. The fourth-order valence-electron chi connectivity index (χ4n) is 4.03. The summed E-state index contributed by atoms with van der Waals surface area (Å²) in [6.07, 6.45) is 0. The molecule has 0 spiro atoms. The van der Waals surface area contributed by atoms with Crippen LogP contribution in [0.4, 0.5) is 0 Å². The first kappa shape index (κ1) is 24.2. The number of hydrogen-bond donors (Lipinski definition) is 3. The van der Waals surface area contributed by atoms with E-state index in [0.717, 1.165) is 57.3 Å². The molecule has 1 unspecified atom stereocenters. The number of nitrogens with zero attached hydrogens (tertiary/aromatic N) is 3. The van der Waals surface area contributed by atoms with Crippen molar-refractivity contribution in [2.75, 3.05) is 45.8 Å². The molecule has 1 saturated heterocycles. The maximum Gasteiger partial charge on any atom is 0.191 e. The molecule has 0 saturated carbocycles. The average Bonchev–Trinajstić information content (AvgIpc) is 2.83. The first-order chi connectivity index (χ1) is 15.5. The summed E-state index contributed by atoms with van der Waals surface area (Å²) in [6, 6.07) is 18.3. The van der Waals surface area contributed by atoms with Crippen LogP contribution in [0.3, 0.4) is 0 Å². The van der Waals surface area contributed by atoms with Gasteiger partial charge in [0.15, 0.2) is 5.96 Å². The lowest BCUT2D eigenvalue weighted by Crippen LogP contribution is -2.45. The molecule has 0 bridgehead atoms. The summed E-state index contributed by atoms with van der Waals surface area (Å²) in [5, 5.41) is 17.5. The van der Waals surface area contributed by atoms with Crippen LogP contribution >= 0.6 is 0 Å². The summed E-state index contributed by atoms with van der Waals surface area (Å²) < 4.78 is 0. The molecule has 1 atom stereocenters. The second-order valence-electron chi connectivity index (χ2n) is 8.67. The van der Waals surface area contributed by atoms with Gasteiger partial charge in [0, 0.05) is 39.3 Å². The van der Waals surface area contributed by atoms with Crippen molar-refractivity contribution in [2.45, 2.75) is 39.5 Å². The van der Waals surface area contributed by atoms with E-state index in [2.05, 4.69) is 58.5 Å². The third-order valence-electron chi connectivity index (χ3n) is 6.17. The first-order valence-electron chi connectivity index (χ1n) is 11.8. The van der Waals surface area contributed by atoms with Crippen molar-refractivity contribution >= 4 is 5.96 Å². The number of aliphatic hydroxyl groups is 1. The van der Waals surface area contributed by atoms with Gasteiger partial charge in [-0.15, -0.1) is 0 Å². The number of rotatable bonds is 9. The smallest absolute Gasteiger partial charge is 0.191 e. The van der Waals surface area contributed by atoms with Gasteiger partial charge in [-0.1, -0.05) is 61.5 Å². The zero-order valence-corrected chi connectivity index (χ0v) is 19.8. The lowest BCUT2D eigenvalue weighted by Gasteiger charge is -2.34. The van der Waals surface area contributed by atoms with Gasteiger partial charge in [-0.05, 0) is 37.1 Å². The van der Waals surface area contributed by atoms with Crippen LogP contribution in [-0.2, 0) is 18.7 Å². The maximum absolute atomic E-state index is 10.9. The Kier molecular flexibility index (Phi) is 9.09. The molecule has 1 heterocycles. The molecule has 32 heavy (non-hydrogen) atoms. The number of nitrogens with one attached hydrogen (secondary N) is 2. The Balaban J connectivity index is 1.62. The normalized spacial score (nSPS) is 17.7. The summed E-state index contributed by atoms with van der Waals surface area (Å²) in [6.45, 7) is 14.5. The molecular formula is C26H39N5O. The topological polar surface area (TPSA) is 63.1 Å². The van der Waals surface area contributed by atoms with Crippen LogP contribution in [0.1, 0.15) is 37.5 Å². The summed E-state index contributed by atoms with van der Waals surface area (Å²) in [5.41, 5.74) is 2.50. The van der Waals surface area contributed by atoms with Gasteiger partial charge in [-0.2, -0.15) is 0 Å². The summed E-state index contributed by atoms with van der Waals surface area (Å²) >= 11 is 0. The monoisotopic (exact) mass is 437 g/mol. The molecule has 174 valence electrons. The van der Waals surface area contributed by atoms with E-state index in [0.29, 0.717) is 13.1 Å². The highest BCUT2D eigenvalue weighted by atomic mass is 16.3. The zero-order chi connectivity index (χ0) is 22.8. The molecule has 6 heteroatoms. The molecule has 3 N–H and O–H groups in total. The SMILES string of the molecule is CCNC(=NCc1ccccc1CN1CCN(CC)CC1)NCC(C)(O)c1ccccc1. The Morgan fingerprint density at radius 3 is 2.19 bits per heavy atom. The molecule has 0 aliphatic carbocycles. The Hall–Kier alpha value is -2.41. The van der Waals surface area contributed by atoms with E-state index in [4.69, 9.17) is 4.99 Å². The lowest BCUT2D eigenvalue weighted by molar-refractivity contribution is 0.0617. The third kappa shape index (κ3) is 7.05. The van der Waals surface area contributed by atoms with E-state index in [1.165, 1.54) is 11.1 Å². The van der Waals surface area contributed by atoms with E-state index in [-0.39, 0.29) is 0 Å².